The normalized spacial score (nSPS) is 10.4. The average Bonchev–Trinajstić information content (AvgIpc) is 1.89. The summed E-state index contributed by atoms with van der Waals surface area (Å²) in [5.41, 5.74) is 0. The van der Waals surface area contributed by atoms with Gasteiger partial charge < -0.3 is 9.84 Å². The Morgan fingerprint density at radius 3 is 2.89 bits per heavy atom. The van der Waals surface area contributed by atoms with Crippen molar-refractivity contribution in [1.82, 2.24) is 0 Å². The zero-order chi connectivity index (χ0) is 6.95. The Hall–Kier alpha value is -0.500. The molecule has 0 aromatic heterocycles. The second kappa shape index (κ2) is 7.50. The van der Waals surface area contributed by atoms with Crippen molar-refractivity contribution < 1.29 is 9.84 Å². The van der Waals surface area contributed by atoms with Crippen molar-refractivity contribution in [1.29, 1.82) is 0 Å². The molecule has 0 bridgehead atoms. The molecule has 0 aliphatic heterocycles. The molecule has 0 amide bonds. The van der Waals surface area contributed by atoms with Gasteiger partial charge in [-0.3, -0.25) is 0 Å². The SMILES string of the molecule is CCO/C=C\CCCO. The number of hydrogen-bond donors (Lipinski definition) is 1. The minimum absolute atomic E-state index is 0.260. The molecular formula is C7H14O2. The summed E-state index contributed by atoms with van der Waals surface area (Å²) in [5, 5.41) is 8.35. The predicted octanol–water partition coefficient (Wildman–Crippen LogP) is 1.31. The van der Waals surface area contributed by atoms with Crippen molar-refractivity contribution in [3.05, 3.63) is 12.3 Å². The average molecular weight is 130 g/mol. The number of hydrogen-bond acceptors (Lipinski definition) is 2. The summed E-state index contributed by atoms with van der Waals surface area (Å²) in [7, 11) is 0. The highest BCUT2D eigenvalue weighted by Crippen LogP contribution is 1.88. The van der Waals surface area contributed by atoms with Gasteiger partial charge in [-0.2, -0.15) is 0 Å². The number of allylic oxidation sites excluding steroid dienone is 1. The van der Waals surface area contributed by atoms with Crippen LogP contribution in [0.15, 0.2) is 12.3 Å². The van der Waals surface area contributed by atoms with Crippen LogP contribution in [0.4, 0.5) is 0 Å². The highest BCUT2D eigenvalue weighted by Gasteiger charge is 1.77. The molecule has 54 valence electrons. The second-order valence-corrected chi connectivity index (χ2v) is 1.69. The van der Waals surface area contributed by atoms with E-state index < -0.39 is 0 Å². The Bertz CT molecular complexity index is 69.3. The number of ether oxygens (including phenoxy) is 1. The van der Waals surface area contributed by atoms with E-state index in [1.54, 1.807) is 6.26 Å². The van der Waals surface area contributed by atoms with Crippen LogP contribution in [0.1, 0.15) is 19.8 Å². The quantitative estimate of drug-likeness (QED) is 0.449. The molecule has 2 heteroatoms. The third-order valence-electron chi connectivity index (χ3n) is 0.888. The van der Waals surface area contributed by atoms with E-state index >= 15 is 0 Å². The van der Waals surface area contributed by atoms with Crippen LogP contribution in [0, 0.1) is 0 Å². The molecule has 0 saturated heterocycles. The predicted molar refractivity (Wildman–Crippen MR) is 37.1 cm³/mol. The lowest BCUT2D eigenvalue weighted by Gasteiger charge is -1.91. The van der Waals surface area contributed by atoms with Crippen LogP contribution in [0.3, 0.4) is 0 Å². The molecule has 9 heavy (non-hydrogen) atoms. The molecule has 2 nitrogen and oxygen atoms in total. The van der Waals surface area contributed by atoms with Gasteiger partial charge in [0.15, 0.2) is 0 Å². The summed E-state index contributed by atoms with van der Waals surface area (Å²) < 4.78 is 4.92. The van der Waals surface area contributed by atoms with E-state index in [4.69, 9.17) is 9.84 Å². The molecule has 0 fully saturated rings. The molecule has 0 aliphatic carbocycles. The van der Waals surface area contributed by atoms with Crippen molar-refractivity contribution in [2.24, 2.45) is 0 Å². The van der Waals surface area contributed by atoms with E-state index in [1.807, 2.05) is 13.0 Å². The molecular weight excluding hydrogens is 116 g/mol. The summed E-state index contributed by atoms with van der Waals surface area (Å²) in [5.74, 6) is 0. The lowest BCUT2D eigenvalue weighted by atomic mass is 10.3. The van der Waals surface area contributed by atoms with E-state index in [1.165, 1.54) is 0 Å². The van der Waals surface area contributed by atoms with Gasteiger partial charge in [-0.15, -0.1) is 0 Å². The monoisotopic (exact) mass is 130 g/mol. The van der Waals surface area contributed by atoms with Crippen LogP contribution in [0.25, 0.3) is 0 Å². The Balaban J connectivity index is 2.86. The van der Waals surface area contributed by atoms with Gasteiger partial charge in [0.1, 0.15) is 0 Å². The molecule has 0 radical (unpaired) electrons. The smallest absolute Gasteiger partial charge is 0.0845 e. The fraction of sp³-hybridized carbons (Fsp3) is 0.714. The summed E-state index contributed by atoms with van der Waals surface area (Å²) in [6.07, 6.45) is 5.31. The molecule has 0 saturated carbocycles. The van der Waals surface area contributed by atoms with Gasteiger partial charge in [-0.1, -0.05) is 0 Å². The van der Waals surface area contributed by atoms with E-state index in [2.05, 4.69) is 0 Å². The maximum absolute atomic E-state index is 8.35. The minimum atomic E-state index is 0.260. The third-order valence-corrected chi connectivity index (χ3v) is 0.888. The summed E-state index contributed by atoms with van der Waals surface area (Å²) >= 11 is 0. The van der Waals surface area contributed by atoms with Crippen molar-refractivity contribution in [2.75, 3.05) is 13.2 Å². The largest absolute Gasteiger partial charge is 0.502 e. The Morgan fingerprint density at radius 1 is 1.56 bits per heavy atom. The van der Waals surface area contributed by atoms with E-state index in [-0.39, 0.29) is 6.61 Å². The molecule has 0 unspecified atom stereocenters. The van der Waals surface area contributed by atoms with Crippen LogP contribution in [0.2, 0.25) is 0 Å². The number of aliphatic hydroxyl groups is 1. The second-order valence-electron chi connectivity index (χ2n) is 1.69. The molecule has 0 spiro atoms. The van der Waals surface area contributed by atoms with Gasteiger partial charge in [-0.25, -0.2) is 0 Å². The van der Waals surface area contributed by atoms with Crippen LogP contribution in [-0.2, 0) is 4.74 Å². The van der Waals surface area contributed by atoms with Crippen molar-refractivity contribution in [2.45, 2.75) is 19.8 Å². The standard InChI is InChI=1S/C7H14O2/c1-2-9-7-5-3-4-6-8/h5,7-8H,2-4,6H2,1H3/b7-5-. The minimum Gasteiger partial charge on any atom is -0.502 e. The van der Waals surface area contributed by atoms with Crippen molar-refractivity contribution in [3.8, 4) is 0 Å². The Kier molecular flexibility index (Phi) is 7.08. The van der Waals surface area contributed by atoms with Crippen LogP contribution in [-0.4, -0.2) is 18.3 Å². The lowest BCUT2D eigenvalue weighted by molar-refractivity contribution is 0.265. The Labute approximate surface area is 56.1 Å². The third kappa shape index (κ3) is 7.50. The fourth-order valence-corrected chi connectivity index (χ4v) is 0.441. The molecule has 0 rings (SSSR count). The fourth-order valence-electron chi connectivity index (χ4n) is 0.441. The number of unbranched alkanes of at least 4 members (excludes halogenated alkanes) is 1. The van der Waals surface area contributed by atoms with Gasteiger partial charge in [0.05, 0.1) is 12.9 Å². The van der Waals surface area contributed by atoms with E-state index in [9.17, 15) is 0 Å². The Morgan fingerprint density at radius 2 is 2.33 bits per heavy atom. The zero-order valence-corrected chi connectivity index (χ0v) is 5.84. The maximum Gasteiger partial charge on any atom is 0.0845 e. The number of rotatable bonds is 5. The summed E-state index contributed by atoms with van der Waals surface area (Å²) in [6.45, 7) is 2.92. The van der Waals surface area contributed by atoms with Crippen LogP contribution < -0.4 is 0 Å². The van der Waals surface area contributed by atoms with Gasteiger partial charge in [0.25, 0.3) is 0 Å². The first kappa shape index (κ1) is 8.50. The molecule has 0 aromatic rings. The first-order valence-electron chi connectivity index (χ1n) is 3.29. The van der Waals surface area contributed by atoms with Crippen LogP contribution >= 0.6 is 0 Å². The van der Waals surface area contributed by atoms with Crippen molar-refractivity contribution in [3.63, 3.8) is 0 Å². The van der Waals surface area contributed by atoms with Gasteiger partial charge in [0, 0.05) is 6.61 Å². The zero-order valence-electron chi connectivity index (χ0n) is 5.84. The van der Waals surface area contributed by atoms with Gasteiger partial charge >= 0.3 is 0 Å². The van der Waals surface area contributed by atoms with E-state index in [0.29, 0.717) is 0 Å². The molecule has 1 N–H and O–H groups in total. The first-order chi connectivity index (χ1) is 4.41. The van der Waals surface area contributed by atoms with Gasteiger partial charge in [0.2, 0.25) is 0 Å². The highest BCUT2D eigenvalue weighted by atomic mass is 16.5. The first-order valence-corrected chi connectivity index (χ1v) is 3.29. The van der Waals surface area contributed by atoms with Gasteiger partial charge in [-0.05, 0) is 25.8 Å². The molecule has 0 atom stereocenters. The van der Waals surface area contributed by atoms with E-state index in [0.717, 1.165) is 19.4 Å². The molecule has 0 heterocycles. The number of aliphatic hydroxyl groups excluding tert-OH is 1. The summed E-state index contributed by atoms with van der Waals surface area (Å²) in [6, 6.07) is 0. The maximum atomic E-state index is 8.35. The lowest BCUT2D eigenvalue weighted by Crippen LogP contribution is -1.80. The van der Waals surface area contributed by atoms with Crippen molar-refractivity contribution >= 4 is 0 Å². The molecule has 0 aromatic carbocycles. The molecule has 0 aliphatic rings. The summed E-state index contributed by atoms with van der Waals surface area (Å²) in [4.78, 5) is 0. The van der Waals surface area contributed by atoms with Crippen LogP contribution in [0.5, 0.6) is 0 Å². The highest BCUT2D eigenvalue weighted by molar-refractivity contribution is 4.72. The topological polar surface area (TPSA) is 29.5 Å².